The van der Waals surface area contributed by atoms with Crippen molar-refractivity contribution in [2.45, 2.75) is 19.8 Å². The van der Waals surface area contributed by atoms with Crippen LogP contribution in [0.1, 0.15) is 29.8 Å². The number of aromatic nitrogens is 5. The Hall–Kier alpha value is -2.70. The minimum absolute atomic E-state index is 0.153. The third-order valence-electron chi connectivity index (χ3n) is 2.92. The molecule has 0 fully saturated rings. The number of aryl methyl sites for hydroxylation is 1. The van der Waals surface area contributed by atoms with Crippen LogP contribution in [-0.4, -0.2) is 31.3 Å². The van der Waals surface area contributed by atoms with Gasteiger partial charge in [0.05, 0.1) is 11.7 Å². The van der Waals surface area contributed by atoms with E-state index in [1.807, 2.05) is 19.1 Å². The first-order valence-electron chi connectivity index (χ1n) is 6.42. The summed E-state index contributed by atoms with van der Waals surface area (Å²) < 4.78 is 0. The second kappa shape index (κ2) is 5.12. The van der Waals surface area contributed by atoms with E-state index in [2.05, 4.69) is 30.7 Å². The van der Waals surface area contributed by atoms with Crippen LogP contribution in [0.25, 0.3) is 10.9 Å². The molecule has 20 heavy (non-hydrogen) atoms. The van der Waals surface area contributed by atoms with Crippen LogP contribution >= 0.6 is 0 Å². The number of nitrogens with one attached hydrogen (secondary N) is 3. The van der Waals surface area contributed by atoms with Crippen molar-refractivity contribution >= 4 is 22.5 Å². The molecule has 7 nitrogen and oxygen atoms in total. The molecule has 0 atom stereocenters. The van der Waals surface area contributed by atoms with Crippen LogP contribution < -0.4 is 5.32 Å². The minimum Gasteiger partial charge on any atom is -0.319 e. The van der Waals surface area contributed by atoms with Crippen LogP contribution in [0.15, 0.2) is 24.4 Å². The molecule has 0 saturated carbocycles. The zero-order valence-electron chi connectivity index (χ0n) is 11.0. The summed E-state index contributed by atoms with van der Waals surface area (Å²) in [7, 11) is 0. The third-order valence-corrected chi connectivity index (χ3v) is 2.92. The summed E-state index contributed by atoms with van der Waals surface area (Å²) in [5, 5.41) is 17.2. The number of aromatic amines is 2. The predicted molar refractivity (Wildman–Crippen MR) is 74.4 cm³/mol. The van der Waals surface area contributed by atoms with E-state index in [4.69, 9.17) is 0 Å². The van der Waals surface area contributed by atoms with Gasteiger partial charge in [0.25, 0.3) is 5.91 Å². The van der Waals surface area contributed by atoms with Crippen molar-refractivity contribution in [2.24, 2.45) is 0 Å². The van der Waals surface area contributed by atoms with E-state index >= 15 is 0 Å². The summed E-state index contributed by atoms with van der Waals surface area (Å²) in [6.07, 6.45) is 3.44. The largest absolute Gasteiger partial charge is 0.319 e. The molecule has 0 unspecified atom stereocenters. The van der Waals surface area contributed by atoms with Gasteiger partial charge in [0.1, 0.15) is 5.82 Å². The second-order valence-electron chi connectivity index (χ2n) is 4.48. The molecular weight excluding hydrogens is 256 g/mol. The van der Waals surface area contributed by atoms with Crippen LogP contribution in [0.4, 0.5) is 5.69 Å². The van der Waals surface area contributed by atoms with Gasteiger partial charge in [0, 0.05) is 17.5 Å². The topological polar surface area (TPSA) is 99.3 Å². The molecule has 7 heteroatoms. The smallest absolute Gasteiger partial charge is 0.295 e. The number of benzene rings is 1. The highest BCUT2D eigenvalue weighted by molar-refractivity contribution is 6.02. The van der Waals surface area contributed by atoms with Gasteiger partial charge in [0.15, 0.2) is 0 Å². The highest BCUT2D eigenvalue weighted by atomic mass is 16.2. The van der Waals surface area contributed by atoms with Gasteiger partial charge >= 0.3 is 0 Å². The maximum Gasteiger partial charge on any atom is 0.295 e. The van der Waals surface area contributed by atoms with Crippen molar-refractivity contribution < 1.29 is 4.79 Å². The van der Waals surface area contributed by atoms with Crippen molar-refractivity contribution in [3.8, 4) is 0 Å². The summed E-state index contributed by atoms with van der Waals surface area (Å²) in [5.74, 6) is 0.551. The molecule has 0 aliphatic carbocycles. The van der Waals surface area contributed by atoms with Gasteiger partial charge in [0.2, 0.25) is 5.82 Å². The number of rotatable bonds is 4. The summed E-state index contributed by atoms with van der Waals surface area (Å²) in [5.41, 5.74) is 1.61. The Kier molecular flexibility index (Phi) is 3.16. The highest BCUT2D eigenvalue weighted by Crippen LogP contribution is 2.17. The van der Waals surface area contributed by atoms with E-state index in [1.54, 1.807) is 12.3 Å². The number of amides is 1. The lowest BCUT2D eigenvalue weighted by Gasteiger charge is -2.02. The fourth-order valence-corrected chi connectivity index (χ4v) is 1.95. The fraction of sp³-hybridized carbons (Fsp3) is 0.231. The van der Waals surface area contributed by atoms with E-state index in [1.165, 1.54) is 0 Å². The lowest BCUT2D eigenvalue weighted by Crippen LogP contribution is -2.13. The Bertz CT molecular complexity index is 744. The molecule has 1 aromatic carbocycles. The van der Waals surface area contributed by atoms with Gasteiger partial charge in [-0.2, -0.15) is 5.10 Å². The Balaban J connectivity index is 1.76. The Morgan fingerprint density at radius 3 is 3.10 bits per heavy atom. The van der Waals surface area contributed by atoms with E-state index in [0.717, 1.165) is 29.6 Å². The van der Waals surface area contributed by atoms with Crippen molar-refractivity contribution in [3.05, 3.63) is 36.0 Å². The minimum atomic E-state index is -0.327. The molecular formula is C13H14N6O. The van der Waals surface area contributed by atoms with Gasteiger partial charge in [-0.15, -0.1) is 5.10 Å². The standard InChI is InChI=1S/C13H14N6O/c1-2-3-11-16-12(19-18-11)13(20)15-9-4-5-10-8(6-9)7-14-17-10/h4-7H,2-3H2,1H3,(H,14,17)(H,15,20)(H,16,18,19). The van der Waals surface area contributed by atoms with E-state index in [0.29, 0.717) is 5.69 Å². The molecule has 0 spiro atoms. The number of nitrogens with zero attached hydrogens (tertiary/aromatic N) is 3. The maximum absolute atomic E-state index is 12.0. The van der Waals surface area contributed by atoms with Crippen LogP contribution in [0, 0.1) is 0 Å². The lowest BCUT2D eigenvalue weighted by molar-refractivity contribution is 0.101. The van der Waals surface area contributed by atoms with Gasteiger partial charge in [-0.25, -0.2) is 4.98 Å². The van der Waals surface area contributed by atoms with E-state index in [-0.39, 0.29) is 11.7 Å². The molecule has 3 aromatic rings. The number of hydrogen-bond acceptors (Lipinski definition) is 4. The Morgan fingerprint density at radius 1 is 1.35 bits per heavy atom. The molecule has 2 heterocycles. The number of hydrogen-bond donors (Lipinski definition) is 3. The van der Waals surface area contributed by atoms with Gasteiger partial charge in [-0.3, -0.25) is 15.0 Å². The van der Waals surface area contributed by atoms with E-state index < -0.39 is 0 Å². The third kappa shape index (κ3) is 2.37. The summed E-state index contributed by atoms with van der Waals surface area (Å²) >= 11 is 0. The first kappa shape index (κ1) is 12.3. The Morgan fingerprint density at radius 2 is 2.25 bits per heavy atom. The second-order valence-corrected chi connectivity index (χ2v) is 4.48. The molecule has 0 aliphatic rings. The van der Waals surface area contributed by atoms with Crippen molar-refractivity contribution in [1.82, 2.24) is 25.4 Å². The number of H-pyrrole nitrogens is 2. The SMILES string of the molecule is CCCc1nc(C(=O)Nc2ccc3[nH]ncc3c2)n[nH]1. The average molecular weight is 270 g/mol. The lowest BCUT2D eigenvalue weighted by atomic mass is 10.2. The van der Waals surface area contributed by atoms with Gasteiger partial charge in [-0.05, 0) is 24.6 Å². The molecule has 102 valence electrons. The number of anilines is 1. The monoisotopic (exact) mass is 270 g/mol. The van der Waals surface area contributed by atoms with E-state index in [9.17, 15) is 4.79 Å². The molecule has 0 radical (unpaired) electrons. The zero-order chi connectivity index (χ0) is 13.9. The highest BCUT2D eigenvalue weighted by Gasteiger charge is 2.12. The summed E-state index contributed by atoms with van der Waals surface area (Å²) in [4.78, 5) is 16.2. The maximum atomic E-state index is 12.0. The molecule has 0 aliphatic heterocycles. The van der Waals surface area contributed by atoms with Crippen LogP contribution in [0.2, 0.25) is 0 Å². The average Bonchev–Trinajstić information content (AvgIpc) is 3.07. The molecule has 0 saturated heterocycles. The van der Waals surface area contributed by atoms with Crippen molar-refractivity contribution in [3.63, 3.8) is 0 Å². The summed E-state index contributed by atoms with van der Waals surface area (Å²) in [6.45, 7) is 2.04. The number of carbonyl (C=O) groups excluding carboxylic acids is 1. The molecule has 1 amide bonds. The summed E-state index contributed by atoms with van der Waals surface area (Å²) in [6, 6.07) is 5.51. The number of carbonyl (C=O) groups is 1. The zero-order valence-corrected chi connectivity index (χ0v) is 11.0. The quantitative estimate of drug-likeness (QED) is 0.674. The van der Waals surface area contributed by atoms with Crippen LogP contribution in [-0.2, 0) is 6.42 Å². The Labute approximate surface area is 114 Å². The van der Waals surface area contributed by atoms with Gasteiger partial charge < -0.3 is 5.32 Å². The molecule has 3 rings (SSSR count). The fourth-order valence-electron chi connectivity index (χ4n) is 1.95. The normalized spacial score (nSPS) is 10.8. The number of fused-ring (bicyclic) bond motifs is 1. The van der Waals surface area contributed by atoms with Crippen molar-refractivity contribution in [2.75, 3.05) is 5.32 Å². The molecule has 3 N–H and O–H groups in total. The van der Waals surface area contributed by atoms with Crippen LogP contribution in [0.3, 0.4) is 0 Å². The predicted octanol–water partition coefficient (Wildman–Crippen LogP) is 1.89. The first-order valence-corrected chi connectivity index (χ1v) is 6.42. The first-order chi connectivity index (χ1) is 9.76. The van der Waals surface area contributed by atoms with Crippen LogP contribution in [0.5, 0.6) is 0 Å². The molecule has 0 bridgehead atoms. The molecule has 2 aromatic heterocycles. The van der Waals surface area contributed by atoms with Gasteiger partial charge in [-0.1, -0.05) is 6.92 Å². The van der Waals surface area contributed by atoms with Crippen molar-refractivity contribution in [1.29, 1.82) is 0 Å².